The standard InChI is InChI=1S/C15H36N3O9P3.Fe/c1-4-25-28(19,20)13-16-7-9-17(14-29(21,22)26-5-2)11-12-18(10-8-16)15-30(23,24)27-6-3;/h4-15H2,1-3H3,(H,19,20)(H,21,22)(H,23,24);/q;+5/p-3. The van der Waals surface area contributed by atoms with Gasteiger partial charge >= 0.3 is 17.1 Å². The van der Waals surface area contributed by atoms with Gasteiger partial charge < -0.3 is 41.9 Å². The van der Waals surface area contributed by atoms with Crippen LogP contribution in [-0.4, -0.2) is 92.6 Å². The van der Waals surface area contributed by atoms with Crippen molar-refractivity contribution < 1.29 is 59.0 Å². The Bertz CT molecular complexity index is 563. The Hall–Kier alpha value is 0.849. The molecule has 12 nitrogen and oxygen atoms in total. The molecule has 3 unspecified atom stereocenters. The first-order valence-corrected chi connectivity index (χ1v) is 15.1. The molecule has 0 amide bonds. The monoisotopic (exact) mass is 548 g/mol. The van der Waals surface area contributed by atoms with Crippen molar-refractivity contribution in [1.82, 2.24) is 14.7 Å². The van der Waals surface area contributed by atoms with Crippen LogP contribution in [0.25, 0.3) is 0 Å². The fourth-order valence-corrected chi connectivity index (χ4v) is 6.80. The van der Waals surface area contributed by atoms with Gasteiger partial charge in [-0.25, -0.2) is 0 Å². The van der Waals surface area contributed by atoms with Gasteiger partial charge in [0.05, 0.1) is 38.7 Å². The van der Waals surface area contributed by atoms with Crippen molar-refractivity contribution >= 4 is 22.8 Å². The van der Waals surface area contributed by atoms with Crippen LogP contribution in [0, 0.1) is 0 Å². The summed E-state index contributed by atoms with van der Waals surface area (Å²) in [6, 6.07) is 0. The average Bonchev–Trinajstić information content (AvgIpc) is 2.67. The molecule has 16 heteroatoms. The van der Waals surface area contributed by atoms with Gasteiger partial charge in [0, 0.05) is 39.3 Å². The maximum Gasteiger partial charge on any atom is 5.00 e. The minimum atomic E-state index is -4.09. The van der Waals surface area contributed by atoms with Crippen molar-refractivity contribution in [3.05, 3.63) is 0 Å². The van der Waals surface area contributed by atoms with Gasteiger partial charge in [0.1, 0.15) is 22.8 Å². The molecule has 1 rings (SSSR count). The minimum Gasteiger partial charge on any atom is -0.778 e. The van der Waals surface area contributed by atoms with Gasteiger partial charge in [-0.05, 0) is 20.8 Å². The topological polar surface area (TPSA) is 158 Å². The predicted octanol–water partition coefficient (Wildman–Crippen LogP) is -0.454. The molecule has 0 aliphatic carbocycles. The van der Waals surface area contributed by atoms with Crippen LogP contribution >= 0.6 is 22.8 Å². The van der Waals surface area contributed by atoms with Crippen LogP contribution in [0.4, 0.5) is 0 Å². The molecule has 0 bridgehead atoms. The summed E-state index contributed by atoms with van der Waals surface area (Å²) in [5.74, 6) is 0. The van der Waals surface area contributed by atoms with E-state index in [1.54, 1.807) is 35.5 Å². The summed E-state index contributed by atoms with van der Waals surface area (Å²) in [5.41, 5.74) is 0. The fourth-order valence-electron chi connectivity index (χ4n) is 3.06. The number of hydrogen-bond acceptors (Lipinski definition) is 12. The Morgan fingerprint density at radius 3 is 0.935 bits per heavy atom. The minimum absolute atomic E-state index is 0. The van der Waals surface area contributed by atoms with Crippen LogP contribution in [-0.2, 0) is 44.3 Å². The van der Waals surface area contributed by atoms with Crippen LogP contribution < -0.4 is 14.7 Å². The number of rotatable bonds is 12. The predicted molar refractivity (Wildman–Crippen MR) is 107 cm³/mol. The molecule has 3 atom stereocenters. The molecule has 1 saturated heterocycles. The molecule has 183 valence electrons. The SMILES string of the molecule is CCOP(=O)([O-])CN1CCN(CP(=O)([O-])OCC)CCN(CP(=O)([O-])OCC)CC1.[Fe+5]. The first-order valence-electron chi connectivity index (χ1n) is 9.93. The van der Waals surface area contributed by atoms with Gasteiger partial charge in [-0.2, -0.15) is 0 Å². The summed E-state index contributed by atoms with van der Waals surface area (Å²) < 4.78 is 50.7. The van der Waals surface area contributed by atoms with E-state index in [0.717, 1.165) is 0 Å². The smallest absolute Gasteiger partial charge is 0.778 e. The second-order valence-electron chi connectivity index (χ2n) is 6.86. The van der Waals surface area contributed by atoms with Crippen LogP contribution in [0.1, 0.15) is 20.8 Å². The molecule has 1 fully saturated rings. The molecule has 0 aromatic rings. The van der Waals surface area contributed by atoms with Crippen LogP contribution in [0.15, 0.2) is 0 Å². The van der Waals surface area contributed by atoms with Gasteiger partial charge in [0.2, 0.25) is 0 Å². The Morgan fingerprint density at radius 2 is 0.774 bits per heavy atom. The molecule has 0 saturated carbocycles. The summed E-state index contributed by atoms with van der Waals surface area (Å²) >= 11 is 0. The van der Waals surface area contributed by atoms with Crippen molar-refractivity contribution in [2.45, 2.75) is 20.8 Å². The van der Waals surface area contributed by atoms with Crippen molar-refractivity contribution in [3.63, 3.8) is 0 Å². The largest absolute Gasteiger partial charge is 5.00 e. The zero-order chi connectivity index (χ0) is 22.8. The summed E-state index contributed by atoms with van der Waals surface area (Å²) in [5, 5.41) is 0. The molecule has 1 aliphatic heterocycles. The zero-order valence-electron chi connectivity index (χ0n) is 18.2. The maximum absolute atomic E-state index is 12.1. The molecule has 1 aliphatic rings. The van der Waals surface area contributed by atoms with E-state index in [1.165, 1.54) is 0 Å². The van der Waals surface area contributed by atoms with Gasteiger partial charge in [-0.15, -0.1) is 0 Å². The van der Waals surface area contributed by atoms with E-state index in [2.05, 4.69) is 0 Å². The Labute approximate surface area is 195 Å². The van der Waals surface area contributed by atoms with Crippen molar-refractivity contribution in [1.29, 1.82) is 0 Å². The van der Waals surface area contributed by atoms with Gasteiger partial charge in [0.25, 0.3) is 0 Å². The van der Waals surface area contributed by atoms with Crippen LogP contribution in [0.2, 0.25) is 0 Å². The van der Waals surface area contributed by atoms with Crippen LogP contribution in [0.3, 0.4) is 0 Å². The van der Waals surface area contributed by atoms with Gasteiger partial charge in [-0.1, -0.05) is 0 Å². The summed E-state index contributed by atoms with van der Waals surface area (Å²) in [7, 11) is -12.3. The number of nitrogens with zero attached hydrogens (tertiary/aromatic N) is 3. The van der Waals surface area contributed by atoms with E-state index >= 15 is 0 Å². The average molecular weight is 548 g/mol. The third-order valence-corrected chi connectivity index (χ3v) is 8.49. The molecular formula is C15H33FeN3O9P3+2. The van der Waals surface area contributed by atoms with E-state index in [4.69, 9.17) is 13.6 Å². The van der Waals surface area contributed by atoms with Crippen molar-refractivity contribution in [2.24, 2.45) is 0 Å². The summed E-state index contributed by atoms with van der Waals surface area (Å²) in [4.78, 5) is 41.1. The number of hydrogen-bond donors (Lipinski definition) is 0. The summed E-state index contributed by atoms with van der Waals surface area (Å²) in [6.07, 6.45) is -1.03. The second kappa shape index (κ2) is 15.0. The van der Waals surface area contributed by atoms with E-state index in [9.17, 15) is 28.4 Å². The Balaban J connectivity index is 0.00000900. The van der Waals surface area contributed by atoms with E-state index in [1.807, 2.05) is 0 Å². The van der Waals surface area contributed by atoms with Gasteiger partial charge in [-0.3, -0.25) is 14.7 Å². The Kier molecular flexibility index (Phi) is 15.4. The van der Waals surface area contributed by atoms with Crippen LogP contribution in [0.5, 0.6) is 0 Å². The van der Waals surface area contributed by atoms with Crippen molar-refractivity contribution in [2.75, 3.05) is 77.9 Å². The first kappa shape index (κ1) is 31.8. The fraction of sp³-hybridized carbons (Fsp3) is 1.00. The molecule has 0 spiro atoms. The molecule has 0 N–H and O–H groups in total. The quantitative estimate of drug-likeness (QED) is 0.229. The van der Waals surface area contributed by atoms with Crippen molar-refractivity contribution in [3.8, 4) is 0 Å². The summed E-state index contributed by atoms with van der Waals surface area (Å²) in [6.45, 7) is 6.46. The van der Waals surface area contributed by atoms with Gasteiger partial charge in [0.15, 0.2) is 0 Å². The maximum atomic E-state index is 12.1. The molecule has 1 heterocycles. The normalized spacial score (nSPS) is 23.4. The van der Waals surface area contributed by atoms with E-state index in [-0.39, 0.29) is 95.0 Å². The van der Waals surface area contributed by atoms with E-state index in [0.29, 0.717) is 0 Å². The molecule has 1 radical (unpaired) electrons. The van der Waals surface area contributed by atoms with E-state index < -0.39 is 22.8 Å². The molecular weight excluding hydrogens is 515 g/mol. The third-order valence-electron chi connectivity index (χ3n) is 4.29. The second-order valence-corrected chi connectivity index (χ2v) is 12.2. The molecule has 0 aromatic carbocycles. The zero-order valence-corrected chi connectivity index (χ0v) is 22.0. The molecule has 0 aromatic heterocycles. The third kappa shape index (κ3) is 14.0. The molecule has 31 heavy (non-hydrogen) atoms. The Morgan fingerprint density at radius 1 is 0.581 bits per heavy atom. The first-order chi connectivity index (χ1) is 13.9.